The summed E-state index contributed by atoms with van der Waals surface area (Å²) >= 11 is 6.07. The first-order chi connectivity index (χ1) is 11.3. The maximum atomic E-state index is 12.4. The first-order valence-corrected chi connectivity index (χ1v) is 8.07. The Morgan fingerprint density at radius 2 is 2.25 bits per heavy atom. The van der Waals surface area contributed by atoms with E-state index in [-0.39, 0.29) is 18.7 Å². The van der Waals surface area contributed by atoms with Gasteiger partial charge in [-0.2, -0.15) is 0 Å². The van der Waals surface area contributed by atoms with Crippen LogP contribution in [0.5, 0.6) is 0 Å². The molecule has 7 nitrogen and oxygen atoms in total. The van der Waals surface area contributed by atoms with Gasteiger partial charge in [-0.15, -0.1) is 0 Å². The van der Waals surface area contributed by atoms with Crippen molar-refractivity contribution in [1.29, 1.82) is 0 Å². The summed E-state index contributed by atoms with van der Waals surface area (Å²) in [7, 11) is 1.71. The average molecular weight is 356 g/mol. The molecule has 1 aromatic rings. The number of ether oxygens (including phenoxy) is 1. The lowest BCUT2D eigenvalue weighted by Crippen LogP contribution is -2.50. The molecule has 0 bridgehead atoms. The second-order valence-electron chi connectivity index (χ2n) is 5.92. The van der Waals surface area contributed by atoms with Crippen molar-refractivity contribution in [2.24, 2.45) is 0 Å². The number of hydrogen-bond donors (Lipinski definition) is 2. The third-order valence-electron chi connectivity index (χ3n) is 3.77. The number of nitrogens with one attached hydrogen (secondary N) is 1. The molecule has 0 aliphatic carbocycles. The van der Waals surface area contributed by atoms with Crippen LogP contribution in [-0.2, 0) is 9.53 Å². The van der Waals surface area contributed by atoms with Crippen molar-refractivity contribution in [3.63, 3.8) is 0 Å². The highest BCUT2D eigenvalue weighted by Gasteiger charge is 2.25. The molecule has 132 valence electrons. The van der Waals surface area contributed by atoms with Gasteiger partial charge in [0, 0.05) is 30.3 Å². The number of hydrogen-bond acceptors (Lipinski definition) is 4. The fourth-order valence-corrected chi connectivity index (χ4v) is 2.71. The van der Waals surface area contributed by atoms with E-state index >= 15 is 0 Å². The van der Waals surface area contributed by atoms with Crippen LogP contribution in [0.4, 0.5) is 10.5 Å². The Morgan fingerprint density at radius 3 is 2.92 bits per heavy atom. The quantitative estimate of drug-likeness (QED) is 0.843. The molecule has 2 rings (SSSR count). The van der Waals surface area contributed by atoms with Gasteiger partial charge in [-0.05, 0) is 31.7 Å². The molecule has 0 saturated carbocycles. The van der Waals surface area contributed by atoms with Crippen molar-refractivity contribution in [3.8, 4) is 0 Å². The summed E-state index contributed by atoms with van der Waals surface area (Å²) in [5.74, 6) is -0.890. The molecule has 24 heavy (non-hydrogen) atoms. The van der Waals surface area contributed by atoms with Gasteiger partial charge in [0.15, 0.2) is 0 Å². The molecule has 1 aliphatic heterocycles. The van der Waals surface area contributed by atoms with Gasteiger partial charge in [-0.1, -0.05) is 17.7 Å². The van der Waals surface area contributed by atoms with Crippen LogP contribution >= 0.6 is 11.6 Å². The molecule has 1 heterocycles. The topological polar surface area (TPSA) is 82.1 Å². The zero-order valence-electron chi connectivity index (χ0n) is 13.8. The lowest BCUT2D eigenvalue weighted by molar-refractivity contribution is -0.138. The van der Waals surface area contributed by atoms with Gasteiger partial charge in [0.1, 0.15) is 0 Å². The van der Waals surface area contributed by atoms with E-state index in [0.717, 1.165) is 5.56 Å². The van der Waals surface area contributed by atoms with Crippen molar-refractivity contribution in [2.45, 2.75) is 13.0 Å². The van der Waals surface area contributed by atoms with Gasteiger partial charge >= 0.3 is 12.0 Å². The fraction of sp³-hybridized carbons (Fsp3) is 0.500. The number of aryl methyl sites for hydroxylation is 1. The summed E-state index contributed by atoms with van der Waals surface area (Å²) in [5, 5.41) is 12.2. The van der Waals surface area contributed by atoms with Crippen LogP contribution in [0.1, 0.15) is 5.56 Å². The minimum Gasteiger partial charge on any atom is -0.480 e. The predicted molar refractivity (Wildman–Crippen MR) is 91.7 cm³/mol. The molecule has 0 radical (unpaired) electrons. The van der Waals surface area contributed by atoms with Gasteiger partial charge in [-0.25, -0.2) is 4.79 Å². The molecule has 2 N–H and O–H groups in total. The van der Waals surface area contributed by atoms with Crippen LogP contribution in [0, 0.1) is 6.92 Å². The average Bonchev–Trinajstić information content (AvgIpc) is 2.50. The van der Waals surface area contributed by atoms with E-state index in [1.807, 2.05) is 13.0 Å². The number of benzene rings is 1. The van der Waals surface area contributed by atoms with Gasteiger partial charge < -0.3 is 20.1 Å². The van der Waals surface area contributed by atoms with Crippen LogP contribution in [0.3, 0.4) is 0 Å². The lowest BCUT2D eigenvalue weighted by Gasteiger charge is -2.34. The third kappa shape index (κ3) is 5.36. The normalized spacial score (nSPS) is 17.8. The van der Waals surface area contributed by atoms with E-state index in [9.17, 15) is 9.59 Å². The number of carbonyl (C=O) groups is 2. The van der Waals surface area contributed by atoms with Crippen LogP contribution in [-0.4, -0.2) is 72.8 Å². The Labute approximate surface area is 146 Å². The summed E-state index contributed by atoms with van der Waals surface area (Å²) in [4.78, 5) is 26.4. The zero-order chi connectivity index (χ0) is 17.7. The summed E-state index contributed by atoms with van der Waals surface area (Å²) < 4.78 is 5.62. The standard InChI is InChI=1S/C16H22ClN3O4/c1-11-3-4-12(7-14(11)17)18-16(23)20-5-6-24-13(9-20)8-19(2)10-15(21)22/h3-4,7,13H,5-6,8-10H2,1-2H3,(H,18,23)(H,21,22). The van der Waals surface area contributed by atoms with Crippen LogP contribution < -0.4 is 5.32 Å². The Hall–Kier alpha value is -1.83. The summed E-state index contributed by atoms with van der Waals surface area (Å²) in [5.41, 5.74) is 1.59. The van der Waals surface area contributed by atoms with Gasteiger partial charge in [-0.3, -0.25) is 9.69 Å². The number of rotatable bonds is 5. The molecule has 1 aliphatic rings. The number of halogens is 1. The molecule has 0 spiro atoms. The molecular weight excluding hydrogens is 334 g/mol. The van der Waals surface area contributed by atoms with E-state index in [4.69, 9.17) is 21.4 Å². The molecule has 1 atom stereocenters. The predicted octanol–water partition coefficient (Wildman–Crippen LogP) is 1.90. The van der Waals surface area contributed by atoms with E-state index < -0.39 is 5.97 Å². The molecule has 1 fully saturated rings. The van der Waals surface area contributed by atoms with Crippen molar-refractivity contribution < 1.29 is 19.4 Å². The number of amides is 2. The highest BCUT2D eigenvalue weighted by atomic mass is 35.5. The monoisotopic (exact) mass is 355 g/mol. The number of morpholine rings is 1. The van der Waals surface area contributed by atoms with Crippen molar-refractivity contribution >= 4 is 29.3 Å². The van der Waals surface area contributed by atoms with Gasteiger partial charge in [0.25, 0.3) is 0 Å². The van der Waals surface area contributed by atoms with E-state index in [0.29, 0.717) is 37.0 Å². The number of carbonyl (C=O) groups excluding carboxylic acids is 1. The Morgan fingerprint density at radius 1 is 1.50 bits per heavy atom. The van der Waals surface area contributed by atoms with E-state index in [1.165, 1.54) is 0 Å². The number of carboxylic acids is 1. The number of urea groups is 1. The molecule has 1 aromatic carbocycles. The van der Waals surface area contributed by atoms with Gasteiger partial charge in [0.05, 0.1) is 19.3 Å². The molecular formula is C16H22ClN3O4. The van der Waals surface area contributed by atoms with E-state index in [2.05, 4.69) is 5.32 Å². The number of likely N-dealkylation sites (N-methyl/N-ethyl adjacent to an activating group) is 1. The number of anilines is 1. The maximum Gasteiger partial charge on any atom is 0.322 e. The minimum absolute atomic E-state index is 0.0616. The van der Waals surface area contributed by atoms with Crippen LogP contribution in [0.25, 0.3) is 0 Å². The minimum atomic E-state index is -0.890. The highest BCUT2D eigenvalue weighted by Crippen LogP contribution is 2.20. The van der Waals surface area contributed by atoms with Crippen molar-refractivity contribution in [2.75, 3.05) is 45.2 Å². The SMILES string of the molecule is Cc1ccc(NC(=O)N2CCOC(CN(C)CC(=O)O)C2)cc1Cl. The lowest BCUT2D eigenvalue weighted by atomic mass is 10.2. The molecule has 2 amide bonds. The van der Waals surface area contributed by atoms with Crippen molar-refractivity contribution in [1.82, 2.24) is 9.80 Å². The van der Waals surface area contributed by atoms with Gasteiger partial charge in [0.2, 0.25) is 0 Å². The summed E-state index contributed by atoms with van der Waals surface area (Å²) in [6.07, 6.45) is -0.213. The largest absolute Gasteiger partial charge is 0.480 e. The molecule has 1 unspecified atom stereocenters. The Balaban J connectivity index is 1.89. The smallest absolute Gasteiger partial charge is 0.322 e. The molecule has 0 aromatic heterocycles. The highest BCUT2D eigenvalue weighted by molar-refractivity contribution is 6.31. The Bertz CT molecular complexity index is 611. The first kappa shape index (κ1) is 18.5. The van der Waals surface area contributed by atoms with Crippen LogP contribution in [0.15, 0.2) is 18.2 Å². The maximum absolute atomic E-state index is 12.4. The van der Waals surface area contributed by atoms with Crippen LogP contribution in [0.2, 0.25) is 5.02 Å². The fourth-order valence-electron chi connectivity index (χ4n) is 2.53. The Kier molecular flexibility index (Phi) is 6.42. The third-order valence-corrected chi connectivity index (χ3v) is 4.18. The second kappa shape index (κ2) is 8.32. The van der Waals surface area contributed by atoms with Crippen molar-refractivity contribution in [3.05, 3.63) is 28.8 Å². The zero-order valence-corrected chi connectivity index (χ0v) is 14.5. The molecule has 1 saturated heterocycles. The van der Waals surface area contributed by atoms with E-state index in [1.54, 1.807) is 29.0 Å². The summed E-state index contributed by atoms with van der Waals surface area (Å²) in [6, 6.07) is 5.15. The second-order valence-corrected chi connectivity index (χ2v) is 6.33. The number of aliphatic carboxylic acids is 1. The number of carboxylic acid groups (broad SMARTS) is 1. The first-order valence-electron chi connectivity index (χ1n) is 7.69. The molecule has 8 heteroatoms. The number of nitrogens with zero attached hydrogens (tertiary/aromatic N) is 2. The summed E-state index contributed by atoms with van der Waals surface area (Å²) in [6.45, 7) is 3.61.